The van der Waals surface area contributed by atoms with E-state index in [1.54, 1.807) is 0 Å². The highest BCUT2D eigenvalue weighted by Gasteiger charge is 2.36. The van der Waals surface area contributed by atoms with Gasteiger partial charge in [-0.25, -0.2) is 0 Å². The van der Waals surface area contributed by atoms with Crippen LogP contribution in [0.5, 0.6) is 0 Å². The van der Waals surface area contributed by atoms with E-state index in [9.17, 15) is 0 Å². The molecule has 0 amide bonds. The van der Waals surface area contributed by atoms with Crippen molar-refractivity contribution in [3.05, 3.63) is 64.7 Å². The minimum atomic E-state index is -0.388. The molecule has 4 nitrogen and oxygen atoms in total. The third-order valence-corrected chi connectivity index (χ3v) is 4.67. The number of nitrogens with two attached hydrogens (primary N) is 2. The van der Waals surface area contributed by atoms with E-state index < -0.39 is 0 Å². The first-order valence-electron chi connectivity index (χ1n) is 8.51. The fraction of sp³-hybridized carbons (Fsp3) is 0.350. The quantitative estimate of drug-likeness (QED) is 0.670. The van der Waals surface area contributed by atoms with Gasteiger partial charge in [0, 0.05) is 5.54 Å². The van der Waals surface area contributed by atoms with E-state index in [1.165, 1.54) is 16.7 Å². The first kappa shape index (κ1) is 16.5. The number of rotatable bonds is 4. The third-order valence-electron chi connectivity index (χ3n) is 4.67. The highest BCUT2D eigenvalue weighted by Crippen LogP contribution is 2.38. The fourth-order valence-corrected chi connectivity index (χ4v) is 3.55. The van der Waals surface area contributed by atoms with Crippen molar-refractivity contribution in [2.45, 2.75) is 38.6 Å². The standard InChI is InChI=1S/C20H25N3O/c1-3-14-9-10-17(23-19(21)24-4-2)11-18(14)20(22)12-15-7-5-6-8-16(15)13-20/h5-11H,3-4,12-13,22H2,1-2H3,(H2,21,23). The van der Waals surface area contributed by atoms with Gasteiger partial charge < -0.3 is 16.2 Å². The van der Waals surface area contributed by atoms with Crippen LogP contribution in [0, 0.1) is 0 Å². The number of hydrogen-bond acceptors (Lipinski definition) is 3. The summed E-state index contributed by atoms with van der Waals surface area (Å²) < 4.78 is 5.24. The Balaban J connectivity index is 1.99. The Morgan fingerprint density at radius 3 is 2.38 bits per heavy atom. The molecule has 1 aliphatic rings. The predicted molar refractivity (Wildman–Crippen MR) is 98.4 cm³/mol. The molecule has 24 heavy (non-hydrogen) atoms. The van der Waals surface area contributed by atoms with Crippen LogP contribution in [0.15, 0.2) is 47.5 Å². The molecule has 0 bridgehead atoms. The van der Waals surface area contributed by atoms with Crippen LogP contribution in [-0.4, -0.2) is 12.6 Å². The maximum atomic E-state index is 6.85. The Bertz CT molecular complexity index is 742. The van der Waals surface area contributed by atoms with Crippen molar-refractivity contribution >= 4 is 11.7 Å². The Hall–Kier alpha value is -2.33. The van der Waals surface area contributed by atoms with Gasteiger partial charge in [0.1, 0.15) is 0 Å². The summed E-state index contributed by atoms with van der Waals surface area (Å²) >= 11 is 0. The van der Waals surface area contributed by atoms with Gasteiger partial charge in [-0.2, -0.15) is 4.99 Å². The highest BCUT2D eigenvalue weighted by atomic mass is 16.5. The highest BCUT2D eigenvalue weighted by molar-refractivity contribution is 5.75. The average Bonchev–Trinajstić information content (AvgIpc) is 2.92. The summed E-state index contributed by atoms with van der Waals surface area (Å²) in [5.74, 6) is 0. The zero-order chi connectivity index (χ0) is 17.2. The molecule has 0 heterocycles. The van der Waals surface area contributed by atoms with Gasteiger partial charge >= 0.3 is 0 Å². The lowest BCUT2D eigenvalue weighted by Crippen LogP contribution is -2.38. The van der Waals surface area contributed by atoms with Gasteiger partial charge in [0.05, 0.1) is 12.3 Å². The van der Waals surface area contributed by atoms with Crippen LogP contribution in [0.1, 0.15) is 36.1 Å². The molecule has 0 fully saturated rings. The van der Waals surface area contributed by atoms with E-state index in [4.69, 9.17) is 16.2 Å². The SMILES string of the molecule is CCOC(N)=Nc1ccc(CC)c(C2(N)Cc3ccccc3C2)c1. The molecule has 4 N–H and O–H groups in total. The van der Waals surface area contributed by atoms with Gasteiger partial charge in [-0.1, -0.05) is 37.3 Å². The Morgan fingerprint density at radius 1 is 1.12 bits per heavy atom. The topological polar surface area (TPSA) is 73.6 Å². The molecule has 0 aromatic heterocycles. The molecule has 0 aliphatic heterocycles. The minimum absolute atomic E-state index is 0.188. The van der Waals surface area contributed by atoms with Gasteiger partial charge in [-0.05, 0) is 60.6 Å². The van der Waals surface area contributed by atoms with Crippen molar-refractivity contribution < 1.29 is 4.74 Å². The number of fused-ring (bicyclic) bond motifs is 1. The van der Waals surface area contributed by atoms with Gasteiger partial charge in [0.15, 0.2) is 0 Å². The van der Waals surface area contributed by atoms with E-state index in [1.807, 2.05) is 13.0 Å². The van der Waals surface area contributed by atoms with Crippen molar-refractivity contribution in [2.75, 3.05) is 6.61 Å². The van der Waals surface area contributed by atoms with Crippen molar-refractivity contribution in [3.63, 3.8) is 0 Å². The summed E-state index contributed by atoms with van der Waals surface area (Å²) in [6, 6.07) is 14.8. The van der Waals surface area contributed by atoms with Crippen molar-refractivity contribution in [1.29, 1.82) is 0 Å². The van der Waals surface area contributed by atoms with Crippen molar-refractivity contribution in [3.8, 4) is 0 Å². The number of aliphatic imine (C=N–C) groups is 1. The first-order chi connectivity index (χ1) is 11.6. The molecule has 0 saturated carbocycles. The summed E-state index contributed by atoms with van der Waals surface area (Å²) in [5, 5.41) is 0. The molecule has 0 atom stereocenters. The second kappa shape index (κ2) is 6.65. The van der Waals surface area contributed by atoms with Crippen LogP contribution >= 0.6 is 0 Å². The molecule has 4 heteroatoms. The lowest BCUT2D eigenvalue weighted by molar-refractivity contribution is 0.322. The first-order valence-corrected chi connectivity index (χ1v) is 8.51. The molecule has 0 spiro atoms. The van der Waals surface area contributed by atoms with Crippen LogP contribution in [0.25, 0.3) is 0 Å². The van der Waals surface area contributed by atoms with Crippen molar-refractivity contribution in [2.24, 2.45) is 16.5 Å². The van der Waals surface area contributed by atoms with E-state index in [2.05, 4.69) is 48.3 Å². The van der Waals surface area contributed by atoms with E-state index in [-0.39, 0.29) is 11.6 Å². The molecule has 0 unspecified atom stereocenters. The van der Waals surface area contributed by atoms with Crippen LogP contribution in [-0.2, 0) is 29.5 Å². The monoisotopic (exact) mass is 323 g/mol. The molecule has 2 aromatic carbocycles. The van der Waals surface area contributed by atoms with Crippen molar-refractivity contribution in [1.82, 2.24) is 0 Å². The second-order valence-electron chi connectivity index (χ2n) is 6.36. The Morgan fingerprint density at radius 2 is 1.79 bits per heavy atom. The van der Waals surface area contributed by atoms with Gasteiger partial charge in [-0.15, -0.1) is 0 Å². The van der Waals surface area contributed by atoms with Gasteiger partial charge in [0.2, 0.25) is 0 Å². The number of nitrogens with zero attached hydrogens (tertiary/aromatic N) is 1. The van der Waals surface area contributed by atoms with Crippen LogP contribution < -0.4 is 11.5 Å². The summed E-state index contributed by atoms with van der Waals surface area (Å²) in [7, 11) is 0. The maximum Gasteiger partial charge on any atom is 0.287 e. The Labute approximate surface area is 143 Å². The normalized spacial score (nSPS) is 16.0. The number of aryl methyl sites for hydroxylation is 1. The van der Waals surface area contributed by atoms with Gasteiger partial charge in [-0.3, -0.25) is 0 Å². The third kappa shape index (κ3) is 3.15. The van der Waals surface area contributed by atoms with Crippen LogP contribution in [0.2, 0.25) is 0 Å². The van der Waals surface area contributed by atoms with E-state index in [0.29, 0.717) is 6.61 Å². The van der Waals surface area contributed by atoms with E-state index >= 15 is 0 Å². The summed E-state index contributed by atoms with van der Waals surface area (Å²) in [6.45, 7) is 4.55. The fourth-order valence-electron chi connectivity index (χ4n) is 3.55. The lowest BCUT2D eigenvalue weighted by atomic mass is 9.83. The molecule has 0 saturated heterocycles. The molecular formula is C20H25N3O. The zero-order valence-corrected chi connectivity index (χ0v) is 14.4. The largest absolute Gasteiger partial charge is 0.465 e. The van der Waals surface area contributed by atoms with Crippen LogP contribution in [0.3, 0.4) is 0 Å². The van der Waals surface area contributed by atoms with Crippen LogP contribution in [0.4, 0.5) is 5.69 Å². The lowest BCUT2D eigenvalue weighted by Gasteiger charge is -2.27. The molecular weight excluding hydrogens is 298 g/mol. The molecule has 3 rings (SSSR count). The smallest absolute Gasteiger partial charge is 0.287 e. The maximum absolute atomic E-state index is 6.85. The number of hydrogen-bond donors (Lipinski definition) is 2. The zero-order valence-electron chi connectivity index (χ0n) is 14.4. The number of benzene rings is 2. The molecule has 126 valence electrons. The molecule has 1 aliphatic carbocycles. The number of amidine groups is 1. The minimum Gasteiger partial charge on any atom is -0.465 e. The van der Waals surface area contributed by atoms with E-state index in [0.717, 1.165) is 30.5 Å². The molecule has 0 radical (unpaired) electrons. The average molecular weight is 323 g/mol. The number of ether oxygens (including phenoxy) is 1. The summed E-state index contributed by atoms with van der Waals surface area (Å²) in [5.41, 5.74) is 18.1. The summed E-state index contributed by atoms with van der Waals surface area (Å²) in [6.07, 6.45) is 2.64. The second-order valence-corrected chi connectivity index (χ2v) is 6.36. The molecule has 2 aromatic rings. The summed E-state index contributed by atoms with van der Waals surface area (Å²) in [4.78, 5) is 4.35. The predicted octanol–water partition coefficient (Wildman–Crippen LogP) is 3.18. The Kier molecular flexibility index (Phi) is 4.58. The van der Waals surface area contributed by atoms with Gasteiger partial charge in [0.25, 0.3) is 6.02 Å².